The number of methoxy groups -OCH3 is 1. The molecule has 1 aliphatic rings. The number of hydrogen-bond acceptors (Lipinski definition) is 1. The molecule has 0 unspecified atom stereocenters. The average Bonchev–Trinajstić information content (AvgIpc) is 3.54. The molecule has 0 atom stereocenters. The zero-order valence-electron chi connectivity index (χ0n) is 30.1. The molecule has 1 nitrogen and oxygen atoms in total. The number of hydrogen-bond donors (Lipinski definition) is 0. The highest BCUT2D eigenvalue weighted by molar-refractivity contribution is 5.90. The fraction of sp³-hybridized carbons (Fsp3) is 0.0769. The van der Waals surface area contributed by atoms with Crippen LogP contribution >= 0.6 is 0 Å². The smallest absolute Gasteiger partial charge is 0.118 e. The average molecular weight is 681 g/mol. The molecule has 0 amide bonds. The number of rotatable bonds is 8. The summed E-state index contributed by atoms with van der Waals surface area (Å²) in [6, 6.07) is 71.4. The van der Waals surface area contributed by atoms with E-state index in [-0.39, 0.29) is 0 Å². The van der Waals surface area contributed by atoms with Gasteiger partial charge in [0.25, 0.3) is 0 Å². The molecule has 1 heteroatoms. The third-order valence-corrected chi connectivity index (χ3v) is 11.1. The number of benzene rings is 8. The maximum absolute atomic E-state index is 5.68. The molecule has 53 heavy (non-hydrogen) atoms. The minimum Gasteiger partial charge on any atom is -0.497 e. The van der Waals surface area contributed by atoms with E-state index in [4.69, 9.17) is 4.74 Å². The molecule has 9 rings (SSSR count). The van der Waals surface area contributed by atoms with Crippen LogP contribution in [0.25, 0.3) is 55.6 Å². The van der Waals surface area contributed by atoms with Gasteiger partial charge in [-0.25, -0.2) is 0 Å². The van der Waals surface area contributed by atoms with Crippen LogP contribution in [0, 0.1) is 0 Å². The van der Waals surface area contributed by atoms with Gasteiger partial charge in [0.2, 0.25) is 0 Å². The van der Waals surface area contributed by atoms with Crippen molar-refractivity contribution in [2.75, 3.05) is 7.11 Å². The van der Waals surface area contributed by atoms with Gasteiger partial charge in [0.1, 0.15) is 5.75 Å². The van der Waals surface area contributed by atoms with Crippen molar-refractivity contribution in [3.05, 3.63) is 222 Å². The minimum absolute atomic E-state index is 0.552. The summed E-state index contributed by atoms with van der Waals surface area (Å²) in [5.41, 5.74) is 18.1. The summed E-state index contributed by atoms with van der Waals surface area (Å²) in [7, 11) is 1.74. The molecule has 8 aromatic rings. The highest BCUT2D eigenvalue weighted by atomic mass is 16.5. The molecule has 0 N–H and O–H groups in total. The molecular formula is C52H40O. The van der Waals surface area contributed by atoms with Crippen LogP contribution < -0.4 is 4.74 Å². The van der Waals surface area contributed by atoms with E-state index in [9.17, 15) is 0 Å². The van der Waals surface area contributed by atoms with Gasteiger partial charge in [-0.05, 0) is 114 Å². The van der Waals surface area contributed by atoms with Crippen molar-refractivity contribution in [2.24, 2.45) is 0 Å². The molecule has 0 saturated carbocycles. The Balaban J connectivity index is 1.25. The summed E-state index contributed by atoms with van der Waals surface area (Å²) in [5, 5.41) is 0. The van der Waals surface area contributed by atoms with Crippen molar-refractivity contribution in [3.63, 3.8) is 0 Å². The van der Waals surface area contributed by atoms with Crippen LogP contribution in [0.4, 0.5) is 0 Å². The Bertz CT molecular complexity index is 2330. The molecule has 0 fully saturated rings. The lowest BCUT2D eigenvalue weighted by Crippen LogP contribution is -2.28. The quantitative estimate of drug-likeness (QED) is 0.155. The summed E-state index contributed by atoms with van der Waals surface area (Å²) in [4.78, 5) is 0. The Morgan fingerprint density at radius 3 is 1.13 bits per heavy atom. The molecule has 0 radical (unpaired) electrons. The van der Waals surface area contributed by atoms with Crippen LogP contribution in [0.5, 0.6) is 5.75 Å². The van der Waals surface area contributed by atoms with E-state index in [1.54, 1.807) is 7.11 Å². The second-order valence-electron chi connectivity index (χ2n) is 13.9. The van der Waals surface area contributed by atoms with Gasteiger partial charge in [-0.1, -0.05) is 177 Å². The number of fused-ring (bicyclic) bond motifs is 3. The van der Waals surface area contributed by atoms with Gasteiger partial charge in [-0.2, -0.15) is 0 Å². The lowest BCUT2D eigenvalue weighted by atomic mass is 9.67. The molecular weight excluding hydrogens is 641 g/mol. The van der Waals surface area contributed by atoms with Crippen molar-refractivity contribution in [2.45, 2.75) is 18.8 Å². The Kier molecular flexibility index (Phi) is 8.33. The van der Waals surface area contributed by atoms with Crippen LogP contribution in [-0.4, -0.2) is 7.11 Å². The first-order chi connectivity index (χ1) is 26.1. The van der Waals surface area contributed by atoms with Crippen molar-refractivity contribution in [1.82, 2.24) is 0 Å². The summed E-state index contributed by atoms with van der Waals surface area (Å²) < 4.78 is 5.68. The van der Waals surface area contributed by atoms with Crippen LogP contribution in [0.15, 0.2) is 194 Å². The maximum Gasteiger partial charge on any atom is 0.118 e. The summed E-state index contributed by atoms with van der Waals surface area (Å²) in [5.74, 6) is 0.850. The van der Waals surface area contributed by atoms with Gasteiger partial charge in [-0.3, -0.25) is 0 Å². The summed E-state index contributed by atoms with van der Waals surface area (Å²) >= 11 is 0. The minimum atomic E-state index is -0.552. The lowest BCUT2D eigenvalue weighted by molar-refractivity contribution is 0.414. The largest absolute Gasteiger partial charge is 0.497 e. The third kappa shape index (κ3) is 5.66. The number of aryl methyl sites for hydroxylation is 1. The maximum atomic E-state index is 5.68. The third-order valence-electron chi connectivity index (χ3n) is 11.1. The second kappa shape index (κ2) is 13.6. The van der Waals surface area contributed by atoms with E-state index < -0.39 is 5.41 Å². The Morgan fingerprint density at radius 1 is 0.377 bits per heavy atom. The van der Waals surface area contributed by atoms with Gasteiger partial charge in [0, 0.05) is 0 Å². The van der Waals surface area contributed by atoms with Crippen LogP contribution in [0.1, 0.15) is 34.7 Å². The number of ether oxygens (including phenoxy) is 1. The van der Waals surface area contributed by atoms with Crippen molar-refractivity contribution >= 4 is 0 Å². The first-order valence-electron chi connectivity index (χ1n) is 18.5. The second-order valence-corrected chi connectivity index (χ2v) is 13.9. The summed E-state index contributed by atoms with van der Waals surface area (Å²) in [6.45, 7) is 2.22. The Morgan fingerprint density at radius 2 is 0.736 bits per heavy atom. The zero-order valence-corrected chi connectivity index (χ0v) is 30.1. The van der Waals surface area contributed by atoms with Gasteiger partial charge >= 0.3 is 0 Å². The summed E-state index contributed by atoms with van der Waals surface area (Å²) in [6.07, 6.45) is 0.995. The first-order valence-corrected chi connectivity index (χ1v) is 18.5. The molecule has 0 heterocycles. The van der Waals surface area contributed by atoms with E-state index in [0.717, 1.165) is 12.2 Å². The fourth-order valence-electron chi connectivity index (χ4n) is 8.27. The van der Waals surface area contributed by atoms with E-state index in [1.165, 1.54) is 83.5 Å². The molecule has 0 saturated heterocycles. The Labute approximate surface area is 312 Å². The van der Waals surface area contributed by atoms with Gasteiger partial charge in [0.15, 0.2) is 0 Å². The van der Waals surface area contributed by atoms with E-state index in [0.29, 0.717) is 0 Å². The standard InChI is InChI=1S/C52H40O/c1-3-36-14-26-45(27-15-36)52(46-28-30-47(53-2)31-29-46)50-34-43(41-20-16-39(17-21-41)37-10-6-4-7-11-37)24-32-48(50)49-33-25-44(35-51(49)52)42-22-18-40(19-23-42)38-12-8-5-9-13-38/h4-35H,3H2,1-2H3. The zero-order chi connectivity index (χ0) is 35.8. The fourth-order valence-corrected chi connectivity index (χ4v) is 8.27. The van der Waals surface area contributed by atoms with Gasteiger partial charge in [0.05, 0.1) is 12.5 Å². The molecule has 0 aromatic heterocycles. The SMILES string of the molecule is CCc1ccc(C2(c3ccc(OC)cc3)c3cc(-c4ccc(-c5ccccc5)cc4)ccc3-c3ccc(-c4ccc(-c5ccccc5)cc4)cc32)cc1. The molecule has 254 valence electrons. The van der Waals surface area contributed by atoms with Gasteiger partial charge in [-0.15, -0.1) is 0 Å². The van der Waals surface area contributed by atoms with E-state index in [2.05, 4.69) is 201 Å². The lowest BCUT2D eigenvalue weighted by Gasteiger charge is -2.34. The highest BCUT2D eigenvalue weighted by Crippen LogP contribution is 2.57. The predicted octanol–water partition coefficient (Wildman–Crippen LogP) is 13.3. The van der Waals surface area contributed by atoms with Crippen LogP contribution in [0.2, 0.25) is 0 Å². The van der Waals surface area contributed by atoms with E-state index >= 15 is 0 Å². The molecule has 1 aliphatic carbocycles. The Hall–Kier alpha value is -6.44. The molecule has 0 bridgehead atoms. The monoisotopic (exact) mass is 680 g/mol. The molecule has 8 aromatic carbocycles. The molecule has 0 spiro atoms. The van der Waals surface area contributed by atoms with E-state index in [1.807, 2.05) is 0 Å². The highest BCUT2D eigenvalue weighted by Gasteiger charge is 2.46. The topological polar surface area (TPSA) is 9.23 Å². The van der Waals surface area contributed by atoms with Crippen molar-refractivity contribution in [3.8, 4) is 61.4 Å². The van der Waals surface area contributed by atoms with Crippen molar-refractivity contribution < 1.29 is 4.74 Å². The molecule has 0 aliphatic heterocycles. The first kappa shape index (κ1) is 32.5. The van der Waals surface area contributed by atoms with Crippen LogP contribution in [0.3, 0.4) is 0 Å². The normalized spacial score (nSPS) is 12.6. The van der Waals surface area contributed by atoms with Crippen molar-refractivity contribution in [1.29, 1.82) is 0 Å². The van der Waals surface area contributed by atoms with Gasteiger partial charge < -0.3 is 4.74 Å². The predicted molar refractivity (Wildman–Crippen MR) is 221 cm³/mol. The van der Waals surface area contributed by atoms with Crippen LogP contribution in [-0.2, 0) is 11.8 Å².